The third-order valence-corrected chi connectivity index (χ3v) is 13.0. The second-order valence-corrected chi connectivity index (χ2v) is 16.5. The summed E-state index contributed by atoms with van der Waals surface area (Å²) in [5.41, 5.74) is 6.35. The van der Waals surface area contributed by atoms with Crippen molar-refractivity contribution < 1.29 is 43.2 Å². The van der Waals surface area contributed by atoms with Gasteiger partial charge in [-0.1, -0.05) is 25.1 Å². The first-order chi connectivity index (χ1) is 29.8. The van der Waals surface area contributed by atoms with Gasteiger partial charge in [-0.3, -0.25) is 9.59 Å². The van der Waals surface area contributed by atoms with Crippen LogP contribution in [0.3, 0.4) is 0 Å². The molecule has 4 amide bonds. The lowest BCUT2D eigenvalue weighted by atomic mass is 9.92. The topological polar surface area (TPSA) is 213 Å². The second kappa shape index (κ2) is 17.3. The SMILES string of the molecule is CC[C@H]1CC[C@@H](c2ncc(-c3ccc4c(c3)COc3cc5c(ccc6[nH]c([C@@H]7CC[C@H](C)N7C(=O)C(NC(=O)OC)C(C)OC)nc65)cc3-4)[nH]2)N1C(=O)C(NC(=O)O)C(C)OC. The molecule has 17 heteroatoms. The maximum atomic E-state index is 14.0. The van der Waals surface area contributed by atoms with Crippen molar-refractivity contribution >= 4 is 45.8 Å². The number of rotatable bonds is 12. The van der Waals surface area contributed by atoms with E-state index in [1.807, 2.05) is 32.0 Å². The molecule has 2 saturated heterocycles. The Bertz CT molecular complexity index is 2520. The van der Waals surface area contributed by atoms with Crippen LogP contribution in [0.1, 0.15) is 89.1 Å². The molecule has 5 N–H and O–H groups in total. The molecule has 5 heterocycles. The normalized spacial score (nSPS) is 21.5. The molecule has 2 aromatic heterocycles. The van der Waals surface area contributed by atoms with Gasteiger partial charge in [0.1, 0.15) is 36.1 Å². The van der Waals surface area contributed by atoms with E-state index in [2.05, 4.69) is 44.9 Å². The van der Waals surface area contributed by atoms with Gasteiger partial charge >= 0.3 is 12.2 Å². The minimum Gasteiger partial charge on any atom is -0.488 e. The van der Waals surface area contributed by atoms with Crippen LogP contribution in [0, 0.1) is 0 Å². The number of methoxy groups -OCH3 is 3. The van der Waals surface area contributed by atoms with Gasteiger partial charge in [0.2, 0.25) is 11.8 Å². The number of hydrogen-bond donors (Lipinski definition) is 5. The molecule has 17 nitrogen and oxygen atoms in total. The molecular weight excluding hydrogens is 797 g/mol. The van der Waals surface area contributed by atoms with Gasteiger partial charge in [-0.15, -0.1) is 0 Å². The van der Waals surface area contributed by atoms with Crippen LogP contribution in [0.25, 0.3) is 44.2 Å². The van der Waals surface area contributed by atoms with E-state index < -0.39 is 36.5 Å². The predicted octanol–water partition coefficient (Wildman–Crippen LogP) is 6.59. The summed E-state index contributed by atoms with van der Waals surface area (Å²) in [7, 11) is 4.21. The standard InChI is InChI=1S/C45H54N8O9/c1-8-28-12-16-34(53(28)43(55)37(23(3)59-5)50-44(56)57)40-46-20-33(48-40)26-10-13-29-27(17-26)21-62-36-19-30-25(18-31(29)36)11-14-32-39(30)49-41(47-32)35-15-9-22(2)52(35)42(54)38(24(4)60-6)51-45(58)61-7/h10-11,13-14,17-20,22-24,28,34-35,37-38,50H,8-9,12,15-16,21H2,1-7H3,(H,46,48)(H,47,49)(H,51,58)(H,56,57)/t22-,23?,24?,28-,34-,35-,37?,38?/m0/s1. The van der Waals surface area contributed by atoms with Crippen LogP contribution in [0.15, 0.2) is 48.7 Å². The highest BCUT2D eigenvalue weighted by molar-refractivity contribution is 6.07. The quantitative estimate of drug-likeness (QED) is 0.0903. The fourth-order valence-electron chi connectivity index (χ4n) is 9.47. The van der Waals surface area contributed by atoms with Crippen molar-refractivity contribution in [3.8, 4) is 28.1 Å². The summed E-state index contributed by atoms with van der Waals surface area (Å²) in [5, 5.41) is 16.4. The monoisotopic (exact) mass is 850 g/mol. The van der Waals surface area contributed by atoms with Gasteiger partial charge in [-0.2, -0.15) is 0 Å². The molecular formula is C45H54N8O9. The fourth-order valence-corrected chi connectivity index (χ4v) is 9.47. The van der Waals surface area contributed by atoms with Crippen LogP contribution < -0.4 is 15.4 Å². The third-order valence-electron chi connectivity index (χ3n) is 13.0. The van der Waals surface area contributed by atoms with Crippen molar-refractivity contribution in [2.75, 3.05) is 21.3 Å². The maximum absolute atomic E-state index is 14.0. The summed E-state index contributed by atoms with van der Waals surface area (Å²) >= 11 is 0. The number of carboxylic acid groups (broad SMARTS) is 1. The average Bonchev–Trinajstić information content (AvgIpc) is 4.11. The van der Waals surface area contributed by atoms with Crippen LogP contribution in [0.5, 0.6) is 5.75 Å². The molecule has 5 aromatic rings. The zero-order valence-electron chi connectivity index (χ0n) is 36.0. The Balaban J connectivity index is 1.05. The van der Waals surface area contributed by atoms with E-state index in [4.69, 9.17) is 28.9 Å². The molecule has 8 rings (SSSR count). The number of benzene rings is 3. The van der Waals surface area contributed by atoms with Crippen LogP contribution >= 0.6 is 0 Å². The van der Waals surface area contributed by atoms with E-state index in [9.17, 15) is 24.3 Å². The number of amides is 4. The molecule has 8 atom stereocenters. The number of imidazole rings is 2. The highest BCUT2D eigenvalue weighted by Gasteiger charge is 2.44. The van der Waals surface area contributed by atoms with Crippen molar-refractivity contribution in [3.63, 3.8) is 0 Å². The number of carbonyl (C=O) groups excluding carboxylic acids is 3. The first-order valence-electron chi connectivity index (χ1n) is 21.2. The van der Waals surface area contributed by atoms with Crippen LogP contribution in [-0.2, 0) is 30.4 Å². The number of carbonyl (C=O) groups is 4. The van der Waals surface area contributed by atoms with Gasteiger partial charge in [-0.25, -0.2) is 19.6 Å². The van der Waals surface area contributed by atoms with Crippen molar-refractivity contribution in [2.45, 2.75) is 115 Å². The van der Waals surface area contributed by atoms with E-state index in [1.54, 1.807) is 29.8 Å². The number of fused-ring (bicyclic) bond motifs is 6. The van der Waals surface area contributed by atoms with Crippen LogP contribution in [0.2, 0.25) is 0 Å². The smallest absolute Gasteiger partial charge is 0.407 e. The van der Waals surface area contributed by atoms with Gasteiger partial charge in [0.05, 0.1) is 54.3 Å². The number of hydrogen-bond acceptors (Lipinski definition) is 10. The van der Waals surface area contributed by atoms with E-state index in [1.165, 1.54) is 21.3 Å². The number of nitrogens with zero attached hydrogens (tertiary/aromatic N) is 4. The Morgan fingerprint density at radius 2 is 1.58 bits per heavy atom. The zero-order chi connectivity index (χ0) is 44.0. The fraction of sp³-hybridized carbons (Fsp3) is 0.467. The summed E-state index contributed by atoms with van der Waals surface area (Å²) in [5.74, 6) is 1.45. The Labute approximate surface area is 358 Å². The molecule has 0 spiro atoms. The van der Waals surface area contributed by atoms with E-state index in [-0.39, 0.29) is 36.0 Å². The molecule has 3 aliphatic heterocycles. The number of H-pyrrole nitrogens is 2. The lowest BCUT2D eigenvalue weighted by Gasteiger charge is -2.34. The molecule has 0 bridgehead atoms. The van der Waals surface area contributed by atoms with E-state index >= 15 is 0 Å². The minimum atomic E-state index is -1.29. The van der Waals surface area contributed by atoms with Crippen molar-refractivity contribution in [1.29, 1.82) is 0 Å². The van der Waals surface area contributed by atoms with Gasteiger partial charge in [0, 0.05) is 37.3 Å². The molecule has 0 saturated carbocycles. The molecule has 0 aliphatic carbocycles. The van der Waals surface area contributed by atoms with Gasteiger partial charge in [0.15, 0.2) is 0 Å². The maximum Gasteiger partial charge on any atom is 0.407 e. The summed E-state index contributed by atoms with van der Waals surface area (Å²) < 4.78 is 22.1. The number of ether oxygens (including phenoxy) is 4. The Hall–Kier alpha value is -6.20. The Morgan fingerprint density at radius 1 is 0.871 bits per heavy atom. The predicted molar refractivity (Wildman–Crippen MR) is 229 cm³/mol. The summed E-state index contributed by atoms with van der Waals surface area (Å²) in [6, 6.07) is 11.6. The number of alkyl carbamates (subject to hydrolysis) is 1. The summed E-state index contributed by atoms with van der Waals surface area (Å²) in [6.45, 7) is 7.78. The molecule has 328 valence electrons. The Kier molecular flexibility index (Phi) is 11.8. The lowest BCUT2D eigenvalue weighted by Crippen LogP contribution is -2.55. The number of nitrogens with one attached hydrogen (secondary N) is 4. The Morgan fingerprint density at radius 3 is 2.29 bits per heavy atom. The van der Waals surface area contributed by atoms with Crippen molar-refractivity contribution in [1.82, 2.24) is 40.4 Å². The zero-order valence-corrected chi connectivity index (χ0v) is 36.0. The van der Waals surface area contributed by atoms with Crippen molar-refractivity contribution in [2.24, 2.45) is 0 Å². The molecule has 2 fully saturated rings. The largest absolute Gasteiger partial charge is 0.488 e. The molecule has 3 aromatic carbocycles. The second-order valence-electron chi connectivity index (χ2n) is 16.5. The third kappa shape index (κ3) is 7.67. The molecule has 62 heavy (non-hydrogen) atoms. The van der Waals surface area contributed by atoms with Gasteiger partial charge < -0.3 is 54.5 Å². The minimum absolute atomic E-state index is 0.0647. The first-order valence-corrected chi connectivity index (χ1v) is 21.2. The van der Waals surface area contributed by atoms with Gasteiger partial charge in [0.25, 0.3) is 0 Å². The highest BCUT2D eigenvalue weighted by Crippen LogP contribution is 2.44. The lowest BCUT2D eigenvalue weighted by molar-refractivity contribution is -0.140. The van der Waals surface area contributed by atoms with Crippen LogP contribution in [-0.4, -0.2) is 117 Å². The van der Waals surface area contributed by atoms with E-state index in [0.29, 0.717) is 31.1 Å². The average molecular weight is 851 g/mol. The number of likely N-dealkylation sites (tertiary alicyclic amines) is 2. The van der Waals surface area contributed by atoms with Crippen LogP contribution in [0.4, 0.5) is 9.59 Å². The number of aromatic amines is 2. The van der Waals surface area contributed by atoms with Gasteiger partial charge in [-0.05, 0) is 99.2 Å². The summed E-state index contributed by atoms with van der Waals surface area (Å²) in [4.78, 5) is 72.2. The molecule has 4 unspecified atom stereocenters. The molecule has 3 aliphatic rings. The highest BCUT2D eigenvalue weighted by atomic mass is 16.5. The first kappa shape index (κ1) is 42.5. The summed E-state index contributed by atoms with van der Waals surface area (Å²) in [6.07, 6.45) is 2.19. The number of aromatic nitrogens is 4. The van der Waals surface area contributed by atoms with Crippen molar-refractivity contribution in [3.05, 3.63) is 65.9 Å². The molecule has 0 radical (unpaired) electrons. The van der Waals surface area contributed by atoms with E-state index in [0.717, 1.165) is 74.8 Å².